The second-order valence-corrected chi connectivity index (χ2v) is 6.60. The third-order valence-electron chi connectivity index (χ3n) is 3.83. The Morgan fingerprint density at radius 3 is 2.90 bits per heavy atom. The minimum Gasteiger partial charge on any atom is -0.381 e. The first kappa shape index (κ1) is 15.7. The summed E-state index contributed by atoms with van der Waals surface area (Å²) in [6.07, 6.45) is 1.75. The normalized spacial score (nSPS) is 22.6. The van der Waals surface area contributed by atoms with Crippen molar-refractivity contribution in [1.29, 1.82) is 0 Å². The van der Waals surface area contributed by atoms with E-state index < -0.39 is 0 Å². The monoisotopic (exact) mass is 299 g/mol. The lowest BCUT2D eigenvalue weighted by Crippen LogP contribution is -2.38. The Morgan fingerprint density at radius 1 is 1.45 bits per heavy atom. The third kappa shape index (κ3) is 3.94. The summed E-state index contributed by atoms with van der Waals surface area (Å²) in [6, 6.07) is 5.04. The molecule has 1 N–H and O–H groups in total. The van der Waals surface area contributed by atoms with E-state index in [9.17, 15) is 4.39 Å². The van der Waals surface area contributed by atoms with E-state index in [0.717, 1.165) is 38.1 Å². The van der Waals surface area contributed by atoms with Crippen LogP contribution in [0.1, 0.15) is 25.8 Å². The van der Waals surface area contributed by atoms with Crippen molar-refractivity contribution in [3.63, 3.8) is 0 Å². The van der Waals surface area contributed by atoms with Crippen LogP contribution in [0, 0.1) is 17.2 Å². The Balaban J connectivity index is 2.07. The number of halogens is 2. The van der Waals surface area contributed by atoms with Crippen molar-refractivity contribution < 1.29 is 9.13 Å². The van der Waals surface area contributed by atoms with Gasteiger partial charge in [0.15, 0.2) is 0 Å². The quantitative estimate of drug-likeness (QED) is 0.865. The molecule has 0 aliphatic carbocycles. The summed E-state index contributed by atoms with van der Waals surface area (Å²) in [7, 11) is 0. The van der Waals surface area contributed by atoms with E-state index in [1.54, 1.807) is 6.07 Å². The molecule has 1 saturated heterocycles. The predicted molar refractivity (Wildman–Crippen MR) is 80.7 cm³/mol. The van der Waals surface area contributed by atoms with Crippen LogP contribution in [0.3, 0.4) is 0 Å². The van der Waals surface area contributed by atoms with Gasteiger partial charge in [-0.2, -0.15) is 0 Å². The van der Waals surface area contributed by atoms with Crippen LogP contribution in [0.25, 0.3) is 0 Å². The smallest absolute Gasteiger partial charge is 0.142 e. The van der Waals surface area contributed by atoms with Gasteiger partial charge in [0.25, 0.3) is 0 Å². The predicted octanol–water partition coefficient (Wildman–Crippen LogP) is 3.67. The van der Waals surface area contributed by atoms with Gasteiger partial charge in [-0.3, -0.25) is 0 Å². The number of hydrogen-bond donors (Lipinski definition) is 1. The van der Waals surface area contributed by atoms with Gasteiger partial charge in [0.05, 0.1) is 11.6 Å². The maximum Gasteiger partial charge on any atom is 0.142 e. The van der Waals surface area contributed by atoms with E-state index in [0.29, 0.717) is 12.5 Å². The van der Waals surface area contributed by atoms with Gasteiger partial charge in [-0.15, -0.1) is 0 Å². The molecule has 2 nitrogen and oxygen atoms in total. The van der Waals surface area contributed by atoms with E-state index >= 15 is 0 Å². The topological polar surface area (TPSA) is 21.3 Å². The van der Waals surface area contributed by atoms with E-state index in [1.807, 2.05) is 6.07 Å². The van der Waals surface area contributed by atoms with Gasteiger partial charge in [0.1, 0.15) is 5.82 Å². The highest BCUT2D eigenvalue weighted by Gasteiger charge is 2.35. The molecule has 0 spiro atoms. The van der Waals surface area contributed by atoms with Gasteiger partial charge >= 0.3 is 0 Å². The maximum atomic E-state index is 13.6. The first-order chi connectivity index (χ1) is 9.52. The molecule has 1 aromatic rings. The van der Waals surface area contributed by atoms with E-state index in [1.165, 1.54) is 6.07 Å². The van der Waals surface area contributed by atoms with E-state index in [-0.39, 0.29) is 16.3 Å². The van der Waals surface area contributed by atoms with Crippen LogP contribution < -0.4 is 5.32 Å². The number of ether oxygens (including phenoxy) is 1. The zero-order valence-corrected chi connectivity index (χ0v) is 13.0. The second-order valence-electron chi connectivity index (χ2n) is 6.22. The molecular formula is C16H23ClFNO. The maximum absolute atomic E-state index is 13.6. The molecule has 2 rings (SSSR count). The van der Waals surface area contributed by atoms with Crippen molar-refractivity contribution in [3.05, 3.63) is 34.6 Å². The first-order valence-electron chi connectivity index (χ1n) is 7.24. The fraction of sp³-hybridized carbons (Fsp3) is 0.625. The average Bonchev–Trinajstić information content (AvgIpc) is 2.83. The third-order valence-corrected chi connectivity index (χ3v) is 4.26. The van der Waals surface area contributed by atoms with Crippen molar-refractivity contribution in [1.82, 2.24) is 5.32 Å². The number of hydrogen-bond acceptors (Lipinski definition) is 2. The molecule has 1 unspecified atom stereocenters. The van der Waals surface area contributed by atoms with Gasteiger partial charge in [-0.05, 0) is 36.9 Å². The molecular weight excluding hydrogens is 277 g/mol. The van der Waals surface area contributed by atoms with Gasteiger partial charge in [0.2, 0.25) is 0 Å². The van der Waals surface area contributed by atoms with Crippen molar-refractivity contribution >= 4 is 11.6 Å². The molecule has 1 fully saturated rings. The van der Waals surface area contributed by atoms with Crippen LogP contribution >= 0.6 is 11.6 Å². The highest BCUT2D eigenvalue weighted by molar-refractivity contribution is 6.31. The standard InChI is InChI=1S/C16H23ClFNO/c1-12(2)9-19-10-16(6-7-20-11-16)8-13-4-3-5-14(18)15(13)17/h3-5,12,19H,6-11H2,1-2H3. The molecule has 0 radical (unpaired) electrons. The Hall–Kier alpha value is -0.640. The SMILES string of the molecule is CC(C)CNCC1(Cc2cccc(F)c2Cl)CCOC1. The highest BCUT2D eigenvalue weighted by Crippen LogP contribution is 2.34. The van der Waals surface area contributed by atoms with Crippen LogP contribution in [0.15, 0.2) is 18.2 Å². The van der Waals surface area contributed by atoms with Crippen LogP contribution in [-0.2, 0) is 11.2 Å². The summed E-state index contributed by atoms with van der Waals surface area (Å²) in [4.78, 5) is 0. The lowest BCUT2D eigenvalue weighted by molar-refractivity contribution is 0.148. The zero-order chi connectivity index (χ0) is 14.6. The Morgan fingerprint density at radius 2 is 2.25 bits per heavy atom. The van der Waals surface area contributed by atoms with Crippen molar-refractivity contribution in [2.45, 2.75) is 26.7 Å². The summed E-state index contributed by atoms with van der Waals surface area (Å²) in [5.41, 5.74) is 0.912. The molecule has 0 amide bonds. The minimum absolute atomic E-state index is 0.0341. The molecule has 0 bridgehead atoms. The van der Waals surface area contributed by atoms with Crippen molar-refractivity contribution in [2.24, 2.45) is 11.3 Å². The minimum atomic E-state index is -0.339. The van der Waals surface area contributed by atoms with E-state index in [2.05, 4.69) is 19.2 Å². The average molecular weight is 300 g/mol. The lowest BCUT2D eigenvalue weighted by atomic mass is 9.80. The van der Waals surface area contributed by atoms with Crippen molar-refractivity contribution in [3.8, 4) is 0 Å². The number of nitrogens with one attached hydrogen (secondary N) is 1. The van der Waals surface area contributed by atoms with Crippen LogP contribution in [0.2, 0.25) is 5.02 Å². The largest absolute Gasteiger partial charge is 0.381 e. The highest BCUT2D eigenvalue weighted by atomic mass is 35.5. The van der Waals surface area contributed by atoms with Gasteiger partial charge in [-0.1, -0.05) is 37.6 Å². The van der Waals surface area contributed by atoms with Crippen LogP contribution in [0.4, 0.5) is 4.39 Å². The number of rotatable bonds is 6. The molecule has 1 aromatic carbocycles. The zero-order valence-electron chi connectivity index (χ0n) is 12.2. The molecule has 1 heterocycles. The fourth-order valence-electron chi connectivity index (χ4n) is 2.71. The molecule has 1 atom stereocenters. The molecule has 0 saturated carbocycles. The molecule has 112 valence electrons. The Bertz CT molecular complexity index is 444. The summed E-state index contributed by atoms with van der Waals surface area (Å²) in [5.74, 6) is 0.278. The van der Waals surface area contributed by atoms with E-state index in [4.69, 9.17) is 16.3 Å². The van der Waals surface area contributed by atoms with Crippen LogP contribution in [0.5, 0.6) is 0 Å². The van der Waals surface area contributed by atoms with Gasteiger partial charge < -0.3 is 10.1 Å². The van der Waals surface area contributed by atoms with Crippen LogP contribution in [-0.4, -0.2) is 26.3 Å². The summed E-state index contributed by atoms with van der Waals surface area (Å²) in [6.45, 7) is 7.74. The molecule has 20 heavy (non-hydrogen) atoms. The summed E-state index contributed by atoms with van der Waals surface area (Å²) >= 11 is 6.08. The Kier molecular flexibility index (Phi) is 5.42. The van der Waals surface area contributed by atoms with Crippen molar-refractivity contribution in [2.75, 3.05) is 26.3 Å². The summed E-state index contributed by atoms with van der Waals surface area (Å²) in [5, 5.41) is 3.76. The molecule has 1 aliphatic rings. The molecule has 4 heteroatoms. The lowest BCUT2D eigenvalue weighted by Gasteiger charge is -2.29. The number of benzene rings is 1. The van der Waals surface area contributed by atoms with Gasteiger partial charge in [0, 0.05) is 18.6 Å². The molecule has 1 aliphatic heterocycles. The summed E-state index contributed by atoms with van der Waals surface area (Å²) < 4.78 is 19.1. The fourth-order valence-corrected chi connectivity index (χ4v) is 2.90. The first-order valence-corrected chi connectivity index (χ1v) is 7.62. The van der Waals surface area contributed by atoms with Gasteiger partial charge in [-0.25, -0.2) is 4.39 Å². The Labute approximate surface area is 125 Å². The second kappa shape index (κ2) is 6.88. The molecule has 0 aromatic heterocycles.